The second kappa shape index (κ2) is 4.68. The molecule has 3 heterocycles. The molecule has 0 aliphatic rings. The molecule has 0 spiro atoms. The normalized spacial score (nSPS) is 11.1. The van der Waals surface area contributed by atoms with Crippen LogP contribution in [0.4, 0.5) is 11.5 Å². The molecule has 0 amide bonds. The fourth-order valence-electron chi connectivity index (χ4n) is 2.17. The molecule has 0 aliphatic heterocycles. The first-order chi connectivity index (χ1) is 10.3. The molecule has 1 N–H and O–H groups in total. The highest BCUT2D eigenvalue weighted by Crippen LogP contribution is 2.22. The van der Waals surface area contributed by atoms with Crippen molar-refractivity contribution >= 4 is 39.8 Å². The fourth-order valence-corrected chi connectivity index (χ4v) is 2.35. The lowest BCUT2D eigenvalue weighted by Gasteiger charge is -2.09. The zero-order valence-corrected chi connectivity index (χ0v) is 11.5. The van der Waals surface area contributed by atoms with E-state index in [1.807, 2.05) is 30.3 Å². The highest BCUT2D eigenvalue weighted by molar-refractivity contribution is 6.29. The van der Waals surface area contributed by atoms with Crippen LogP contribution in [-0.4, -0.2) is 24.6 Å². The molecular weight excluding hydrogens is 288 g/mol. The number of nitrogens with zero attached hydrogens (tertiary/aromatic N) is 5. The van der Waals surface area contributed by atoms with Gasteiger partial charge >= 0.3 is 0 Å². The molecule has 102 valence electrons. The molecule has 0 fully saturated rings. The van der Waals surface area contributed by atoms with Crippen LogP contribution < -0.4 is 5.32 Å². The number of nitrogens with one attached hydrogen (secondary N) is 1. The van der Waals surface area contributed by atoms with Gasteiger partial charge in [-0.2, -0.15) is 19.6 Å². The van der Waals surface area contributed by atoms with E-state index in [1.165, 1.54) is 6.33 Å². The summed E-state index contributed by atoms with van der Waals surface area (Å²) >= 11 is 6.00. The smallest absolute Gasteiger partial charge is 0.255 e. The van der Waals surface area contributed by atoms with Crippen LogP contribution in [0, 0.1) is 0 Å². The van der Waals surface area contributed by atoms with Crippen LogP contribution in [0.15, 0.2) is 48.9 Å². The summed E-state index contributed by atoms with van der Waals surface area (Å²) in [5.74, 6) is 1.15. The van der Waals surface area contributed by atoms with Crippen LogP contribution in [-0.2, 0) is 0 Å². The van der Waals surface area contributed by atoms with E-state index in [9.17, 15) is 0 Å². The Morgan fingerprint density at radius 2 is 2.05 bits per heavy atom. The monoisotopic (exact) mass is 296 g/mol. The molecule has 0 atom stereocenters. The van der Waals surface area contributed by atoms with Crippen LogP contribution in [0.2, 0.25) is 5.15 Å². The van der Waals surface area contributed by atoms with Crippen molar-refractivity contribution in [2.24, 2.45) is 0 Å². The van der Waals surface area contributed by atoms with E-state index in [2.05, 4.69) is 25.4 Å². The lowest BCUT2D eigenvalue weighted by molar-refractivity contribution is 0.947. The number of hydrogen-bond acceptors (Lipinski definition) is 5. The molecule has 4 rings (SSSR count). The number of aromatic nitrogens is 5. The molecule has 6 nitrogen and oxygen atoms in total. The average Bonchev–Trinajstić information content (AvgIpc) is 2.95. The van der Waals surface area contributed by atoms with E-state index >= 15 is 0 Å². The van der Waals surface area contributed by atoms with E-state index in [4.69, 9.17) is 11.6 Å². The molecule has 0 unspecified atom stereocenters. The number of benzene rings is 1. The van der Waals surface area contributed by atoms with Gasteiger partial charge in [0.2, 0.25) is 0 Å². The zero-order chi connectivity index (χ0) is 14.2. The van der Waals surface area contributed by atoms with Gasteiger partial charge in [-0.3, -0.25) is 4.98 Å². The first-order valence-electron chi connectivity index (χ1n) is 6.28. The Hall–Kier alpha value is -2.73. The van der Waals surface area contributed by atoms with Crippen LogP contribution in [0.5, 0.6) is 0 Å². The van der Waals surface area contributed by atoms with E-state index in [0.29, 0.717) is 16.7 Å². The van der Waals surface area contributed by atoms with Gasteiger partial charge in [-0.15, -0.1) is 0 Å². The molecule has 3 aromatic heterocycles. The Bertz CT molecular complexity index is 948. The van der Waals surface area contributed by atoms with Crippen LogP contribution in [0.25, 0.3) is 16.7 Å². The summed E-state index contributed by atoms with van der Waals surface area (Å²) < 4.78 is 1.60. The lowest BCUT2D eigenvalue weighted by atomic mass is 10.2. The third kappa shape index (κ3) is 2.15. The molecule has 4 aromatic rings. The molecule has 0 bridgehead atoms. The summed E-state index contributed by atoms with van der Waals surface area (Å²) in [5.41, 5.74) is 1.86. The maximum absolute atomic E-state index is 6.00. The summed E-state index contributed by atoms with van der Waals surface area (Å²) in [5, 5.41) is 8.82. The number of anilines is 2. The van der Waals surface area contributed by atoms with Crippen molar-refractivity contribution in [1.29, 1.82) is 0 Å². The highest BCUT2D eigenvalue weighted by Gasteiger charge is 2.07. The number of pyridine rings is 1. The molecule has 1 aromatic carbocycles. The van der Waals surface area contributed by atoms with Gasteiger partial charge in [0.1, 0.15) is 17.3 Å². The zero-order valence-electron chi connectivity index (χ0n) is 10.7. The minimum atomic E-state index is 0.362. The van der Waals surface area contributed by atoms with E-state index in [-0.39, 0.29) is 0 Å². The molecule has 0 aliphatic carbocycles. The number of halogens is 1. The molecular formula is C14H9ClN6. The van der Waals surface area contributed by atoms with Gasteiger partial charge in [0.05, 0.1) is 5.52 Å². The number of hydrogen-bond donors (Lipinski definition) is 1. The predicted molar refractivity (Wildman–Crippen MR) is 80.8 cm³/mol. The first kappa shape index (κ1) is 12.0. The van der Waals surface area contributed by atoms with Gasteiger partial charge in [-0.25, -0.2) is 0 Å². The average molecular weight is 297 g/mol. The quantitative estimate of drug-likeness (QED) is 0.576. The van der Waals surface area contributed by atoms with Crippen LogP contribution in [0.3, 0.4) is 0 Å². The van der Waals surface area contributed by atoms with Crippen molar-refractivity contribution in [2.45, 2.75) is 0 Å². The standard InChI is InChI=1S/C14H9ClN6/c15-12-7-13(21-14(20-12)17-8-18-21)19-10-3-4-11-9(6-10)2-1-5-16-11/h1-8,19H. The van der Waals surface area contributed by atoms with Crippen LogP contribution in [0.1, 0.15) is 0 Å². The third-order valence-corrected chi connectivity index (χ3v) is 3.29. The fraction of sp³-hybridized carbons (Fsp3) is 0. The molecule has 0 saturated carbocycles. The summed E-state index contributed by atoms with van der Waals surface area (Å²) in [6.07, 6.45) is 3.21. The number of rotatable bonds is 2. The molecule has 0 radical (unpaired) electrons. The van der Waals surface area contributed by atoms with Gasteiger partial charge in [0.25, 0.3) is 5.78 Å². The van der Waals surface area contributed by atoms with Crippen molar-refractivity contribution in [1.82, 2.24) is 24.6 Å². The van der Waals surface area contributed by atoms with Crippen molar-refractivity contribution in [3.8, 4) is 0 Å². The summed E-state index contributed by atoms with van der Waals surface area (Å²) in [7, 11) is 0. The second-order valence-corrected chi connectivity index (χ2v) is 4.86. The SMILES string of the molecule is Clc1cc(Nc2ccc3ncccc3c2)n2ncnc2n1. The Kier molecular flexibility index (Phi) is 2.68. The van der Waals surface area contributed by atoms with Crippen molar-refractivity contribution in [3.05, 3.63) is 54.1 Å². The second-order valence-electron chi connectivity index (χ2n) is 4.47. The molecule has 7 heteroatoms. The largest absolute Gasteiger partial charge is 0.340 e. The first-order valence-corrected chi connectivity index (χ1v) is 6.65. The Balaban J connectivity index is 1.80. The maximum Gasteiger partial charge on any atom is 0.255 e. The summed E-state index contributed by atoms with van der Waals surface area (Å²) in [4.78, 5) is 12.4. The maximum atomic E-state index is 6.00. The Morgan fingerprint density at radius 1 is 1.10 bits per heavy atom. The Labute approximate surface area is 124 Å². The topological polar surface area (TPSA) is 68.0 Å². The predicted octanol–water partition coefficient (Wildman–Crippen LogP) is 3.07. The summed E-state index contributed by atoms with van der Waals surface area (Å²) in [6.45, 7) is 0. The van der Waals surface area contributed by atoms with Crippen molar-refractivity contribution in [2.75, 3.05) is 5.32 Å². The minimum Gasteiger partial charge on any atom is -0.340 e. The Morgan fingerprint density at radius 3 is 3.00 bits per heavy atom. The third-order valence-electron chi connectivity index (χ3n) is 3.10. The number of fused-ring (bicyclic) bond motifs is 2. The van der Waals surface area contributed by atoms with Gasteiger partial charge < -0.3 is 5.32 Å². The highest BCUT2D eigenvalue weighted by atomic mass is 35.5. The molecule has 0 saturated heterocycles. The van der Waals surface area contributed by atoms with Gasteiger partial charge in [0.15, 0.2) is 0 Å². The van der Waals surface area contributed by atoms with E-state index < -0.39 is 0 Å². The van der Waals surface area contributed by atoms with E-state index in [1.54, 1.807) is 16.8 Å². The van der Waals surface area contributed by atoms with Gasteiger partial charge in [-0.05, 0) is 24.3 Å². The summed E-state index contributed by atoms with van der Waals surface area (Å²) in [6, 6.07) is 11.5. The van der Waals surface area contributed by atoms with Crippen molar-refractivity contribution in [3.63, 3.8) is 0 Å². The van der Waals surface area contributed by atoms with Gasteiger partial charge in [0, 0.05) is 23.3 Å². The lowest BCUT2D eigenvalue weighted by Crippen LogP contribution is -2.01. The van der Waals surface area contributed by atoms with E-state index in [0.717, 1.165) is 16.6 Å². The van der Waals surface area contributed by atoms with Crippen LogP contribution >= 0.6 is 11.6 Å². The van der Waals surface area contributed by atoms with Crippen molar-refractivity contribution < 1.29 is 0 Å². The minimum absolute atomic E-state index is 0.362. The van der Waals surface area contributed by atoms with Gasteiger partial charge in [-0.1, -0.05) is 17.7 Å². The molecule has 21 heavy (non-hydrogen) atoms.